The highest BCUT2D eigenvalue weighted by Crippen LogP contribution is 2.51. The van der Waals surface area contributed by atoms with Crippen LogP contribution in [0.15, 0.2) is 15.8 Å². The van der Waals surface area contributed by atoms with E-state index in [1.807, 2.05) is 0 Å². The van der Waals surface area contributed by atoms with Crippen LogP contribution in [-0.2, 0) is 9.30 Å². The monoisotopic (exact) mass is 338 g/mol. The molecule has 0 radical (unpaired) electrons. The lowest BCUT2D eigenvalue weighted by molar-refractivity contribution is -0.00757. The number of aromatic amines is 1. The fourth-order valence-corrected chi connectivity index (χ4v) is 3.67. The van der Waals surface area contributed by atoms with E-state index >= 15 is 0 Å². The van der Waals surface area contributed by atoms with Crippen LogP contribution in [0.3, 0.4) is 0 Å². The third kappa shape index (κ3) is 4.06. The van der Waals surface area contributed by atoms with Crippen molar-refractivity contribution in [2.75, 3.05) is 5.75 Å². The molecule has 0 amide bonds. The molecule has 1 aliphatic rings. The van der Waals surface area contributed by atoms with E-state index in [-0.39, 0.29) is 12.2 Å². The topological polar surface area (TPSA) is 142 Å². The summed E-state index contributed by atoms with van der Waals surface area (Å²) < 4.78 is 17.4. The molecule has 11 heteroatoms. The predicted octanol–water partition coefficient (Wildman–Crippen LogP) is -0.681. The van der Waals surface area contributed by atoms with E-state index in [0.29, 0.717) is 16.9 Å². The predicted molar refractivity (Wildman–Crippen MR) is 75.1 cm³/mol. The molecule has 0 aromatic carbocycles. The summed E-state index contributed by atoms with van der Waals surface area (Å²) in [6, 6.07) is 0. The summed E-state index contributed by atoms with van der Waals surface area (Å²) in [5.74, 6) is -0.0982. The fourth-order valence-electron chi connectivity index (χ4n) is 2.01. The van der Waals surface area contributed by atoms with Crippen LogP contribution in [0, 0.1) is 6.92 Å². The number of aliphatic hydroxyl groups excluding tert-OH is 1. The molecular weight excluding hydrogens is 323 g/mol. The Bertz CT molecular complexity index is 681. The largest absolute Gasteiger partial charge is 0.390 e. The number of rotatable bonds is 4. The lowest BCUT2D eigenvalue weighted by Crippen LogP contribution is -2.33. The van der Waals surface area contributed by atoms with Crippen LogP contribution in [0.1, 0.15) is 18.2 Å². The van der Waals surface area contributed by atoms with Crippen molar-refractivity contribution in [3.8, 4) is 0 Å². The van der Waals surface area contributed by atoms with E-state index in [9.17, 15) is 19.3 Å². The van der Waals surface area contributed by atoms with Crippen molar-refractivity contribution in [2.24, 2.45) is 0 Å². The fraction of sp³-hybridized carbons (Fsp3) is 0.600. The SMILES string of the molecule is Cc1cn([C@H]2C[C@H](O)[C@@H](CSP(=O)(O)O)O2)c(=O)[nH]c1=O. The molecule has 2 heterocycles. The van der Waals surface area contributed by atoms with Gasteiger partial charge in [0, 0.05) is 23.9 Å². The van der Waals surface area contributed by atoms with Crippen molar-refractivity contribution < 1.29 is 24.2 Å². The van der Waals surface area contributed by atoms with Crippen LogP contribution in [0.4, 0.5) is 0 Å². The van der Waals surface area contributed by atoms with Gasteiger partial charge < -0.3 is 19.6 Å². The van der Waals surface area contributed by atoms with Gasteiger partial charge in [-0.1, -0.05) is 0 Å². The molecule has 1 aliphatic heterocycles. The molecule has 1 saturated heterocycles. The van der Waals surface area contributed by atoms with Gasteiger partial charge in [-0.25, -0.2) is 9.36 Å². The Balaban J connectivity index is 2.14. The van der Waals surface area contributed by atoms with Gasteiger partial charge >= 0.3 is 12.5 Å². The van der Waals surface area contributed by atoms with Crippen molar-refractivity contribution in [1.29, 1.82) is 0 Å². The normalized spacial score (nSPS) is 26.2. The third-order valence-electron chi connectivity index (χ3n) is 3.07. The van der Waals surface area contributed by atoms with Crippen LogP contribution >= 0.6 is 18.2 Å². The minimum Gasteiger partial charge on any atom is -0.390 e. The molecule has 21 heavy (non-hydrogen) atoms. The molecule has 0 bridgehead atoms. The van der Waals surface area contributed by atoms with E-state index in [0.717, 1.165) is 4.57 Å². The van der Waals surface area contributed by atoms with Gasteiger partial charge in [0.05, 0.1) is 12.2 Å². The second-order valence-electron chi connectivity index (χ2n) is 4.70. The average molecular weight is 338 g/mol. The van der Waals surface area contributed by atoms with E-state index in [1.165, 1.54) is 13.1 Å². The summed E-state index contributed by atoms with van der Waals surface area (Å²) in [6.45, 7) is -2.72. The van der Waals surface area contributed by atoms with E-state index in [1.54, 1.807) is 0 Å². The van der Waals surface area contributed by atoms with E-state index < -0.39 is 36.5 Å². The first kappa shape index (κ1) is 16.5. The van der Waals surface area contributed by atoms with E-state index in [2.05, 4.69) is 4.98 Å². The van der Waals surface area contributed by atoms with Crippen molar-refractivity contribution in [3.63, 3.8) is 0 Å². The summed E-state index contributed by atoms with van der Waals surface area (Å²) in [7, 11) is 0. The zero-order valence-electron chi connectivity index (χ0n) is 11.0. The maximum absolute atomic E-state index is 11.7. The molecule has 118 valence electrons. The Hall–Kier alpha value is -0.900. The molecule has 0 spiro atoms. The Labute approximate surface area is 122 Å². The van der Waals surface area contributed by atoms with Crippen LogP contribution < -0.4 is 11.2 Å². The smallest absolute Gasteiger partial charge is 0.384 e. The van der Waals surface area contributed by atoms with Crippen molar-refractivity contribution in [3.05, 3.63) is 32.6 Å². The molecule has 1 fully saturated rings. The van der Waals surface area contributed by atoms with Crippen LogP contribution in [0.2, 0.25) is 0 Å². The maximum atomic E-state index is 11.7. The summed E-state index contributed by atoms with van der Waals surface area (Å²) in [6.07, 6.45) is -1.11. The van der Waals surface area contributed by atoms with Gasteiger partial charge in [-0.15, -0.1) is 0 Å². The molecule has 3 atom stereocenters. The second-order valence-corrected chi connectivity index (χ2v) is 8.47. The minimum absolute atomic E-state index is 0.0950. The molecule has 1 aromatic rings. The van der Waals surface area contributed by atoms with E-state index in [4.69, 9.17) is 14.5 Å². The molecule has 9 nitrogen and oxygen atoms in total. The number of H-pyrrole nitrogens is 1. The molecule has 2 rings (SSSR count). The highest BCUT2D eigenvalue weighted by molar-refractivity contribution is 8.54. The minimum atomic E-state index is -4.25. The Kier molecular flexibility index (Phi) is 4.76. The highest BCUT2D eigenvalue weighted by atomic mass is 32.7. The zero-order valence-corrected chi connectivity index (χ0v) is 12.7. The zero-order chi connectivity index (χ0) is 15.8. The molecular formula is C10H15N2O7PS. The molecule has 0 aliphatic carbocycles. The van der Waals surface area contributed by atoms with Crippen LogP contribution in [0.25, 0.3) is 0 Å². The first-order valence-electron chi connectivity index (χ1n) is 6.03. The quantitative estimate of drug-likeness (QED) is 0.529. The van der Waals surface area contributed by atoms with Gasteiger partial charge in [0.1, 0.15) is 6.23 Å². The van der Waals surface area contributed by atoms with Gasteiger partial charge in [-0.3, -0.25) is 14.3 Å². The Morgan fingerprint density at radius 2 is 2.19 bits per heavy atom. The Morgan fingerprint density at radius 1 is 1.52 bits per heavy atom. The summed E-state index contributed by atoms with van der Waals surface area (Å²) in [5, 5.41) is 9.85. The average Bonchev–Trinajstić information content (AvgIpc) is 2.72. The number of aryl methyl sites for hydroxylation is 1. The van der Waals surface area contributed by atoms with Gasteiger partial charge in [0.2, 0.25) is 0 Å². The number of nitrogens with zero attached hydrogens (tertiary/aromatic N) is 1. The number of hydrogen-bond acceptors (Lipinski definition) is 6. The standard InChI is InChI=1S/C10H15N2O7PS/c1-5-3-12(10(15)11-9(5)14)8-2-6(13)7(19-8)4-21-20(16,17)18/h3,6-8,13H,2,4H2,1H3,(H,11,14,15)(H2,16,17,18)/t6-,7+,8+/m0/s1. The van der Waals surface area contributed by atoms with Crippen molar-refractivity contribution in [2.45, 2.75) is 31.8 Å². The first-order valence-corrected chi connectivity index (χ1v) is 9.23. The number of hydrogen-bond donors (Lipinski definition) is 4. The van der Waals surface area contributed by atoms with Gasteiger partial charge in [0.25, 0.3) is 5.56 Å². The van der Waals surface area contributed by atoms with Crippen molar-refractivity contribution in [1.82, 2.24) is 9.55 Å². The first-order chi connectivity index (χ1) is 9.67. The van der Waals surface area contributed by atoms with Gasteiger partial charge in [-0.2, -0.15) is 0 Å². The molecule has 0 unspecified atom stereocenters. The van der Waals surface area contributed by atoms with Gasteiger partial charge in [-0.05, 0) is 18.3 Å². The van der Waals surface area contributed by atoms with Crippen LogP contribution in [-0.4, -0.2) is 42.4 Å². The summed E-state index contributed by atoms with van der Waals surface area (Å²) in [4.78, 5) is 42.8. The summed E-state index contributed by atoms with van der Waals surface area (Å²) >= 11 is 0.378. The summed E-state index contributed by atoms with van der Waals surface area (Å²) in [5.41, 5.74) is -0.838. The number of aliphatic hydroxyl groups is 1. The Morgan fingerprint density at radius 3 is 2.81 bits per heavy atom. The number of nitrogens with one attached hydrogen (secondary N) is 1. The number of ether oxygens (including phenoxy) is 1. The lowest BCUT2D eigenvalue weighted by atomic mass is 10.2. The van der Waals surface area contributed by atoms with Gasteiger partial charge in [0.15, 0.2) is 0 Å². The maximum Gasteiger partial charge on any atom is 0.384 e. The molecule has 4 N–H and O–H groups in total. The van der Waals surface area contributed by atoms with Crippen molar-refractivity contribution >= 4 is 18.2 Å². The highest BCUT2D eigenvalue weighted by Gasteiger charge is 2.36. The molecule has 0 saturated carbocycles. The van der Waals surface area contributed by atoms with Crippen LogP contribution in [0.5, 0.6) is 0 Å². The lowest BCUT2D eigenvalue weighted by Gasteiger charge is -2.16. The third-order valence-corrected chi connectivity index (χ3v) is 5.34. The second kappa shape index (κ2) is 6.07. The molecule has 1 aromatic heterocycles. The number of aromatic nitrogens is 2.